The summed E-state index contributed by atoms with van der Waals surface area (Å²) in [6.45, 7) is 2.29. The number of nitrogens with one attached hydrogen (secondary N) is 2. The van der Waals surface area contributed by atoms with E-state index in [0.29, 0.717) is 18.8 Å². The lowest BCUT2D eigenvalue weighted by atomic mass is 9.76. The zero-order valence-corrected chi connectivity index (χ0v) is 11.1. The monoisotopic (exact) mass is 268 g/mol. The van der Waals surface area contributed by atoms with Gasteiger partial charge in [-0.2, -0.15) is 0 Å². The van der Waals surface area contributed by atoms with Crippen LogP contribution >= 0.6 is 0 Å². The number of rotatable bonds is 6. The highest BCUT2D eigenvalue weighted by molar-refractivity contribution is 5.88. The van der Waals surface area contributed by atoms with Gasteiger partial charge in [-0.25, -0.2) is 4.79 Å². The molecule has 106 valence electrons. The quantitative estimate of drug-likeness (QED) is 0.644. The Labute approximate surface area is 111 Å². The molecule has 0 aromatic carbocycles. The van der Waals surface area contributed by atoms with Crippen LogP contribution in [-0.2, 0) is 14.4 Å². The maximum absolute atomic E-state index is 11.7. The van der Waals surface area contributed by atoms with Gasteiger partial charge in [-0.1, -0.05) is 6.92 Å². The topological polar surface area (TPSA) is 95.5 Å². The lowest BCUT2D eigenvalue weighted by molar-refractivity contribution is -0.151. The standard InChI is InChI=1S/C13H20N2O4/c1-8-7-9(8)11(17)14-6-3-10(16)15-13(12(18)19)4-2-5-13/h8-9H,2-7H2,1H3,(H,14,17)(H,15,16)(H,18,19). The molecule has 2 saturated carbocycles. The van der Waals surface area contributed by atoms with Crippen molar-refractivity contribution in [2.24, 2.45) is 11.8 Å². The van der Waals surface area contributed by atoms with Gasteiger partial charge in [-0.15, -0.1) is 0 Å². The van der Waals surface area contributed by atoms with E-state index in [1.807, 2.05) is 6.92 Å². The number of carbonyl (C=O) groups is 3. The van der Waals surface area contributed by atoms with E-state index in [1.54, 1.807) is 0 Å². The summed E-state index contributed by atoms with van der Waals surface area (Å²) in [6, 6.07) is 0. The zero-order chi connectivity index (χ0) is 14.0. The molecule has 2 fully saturated rings. The smallest absolute Gasteiger partial charge is 0.329 e. The van der Waals surface area contributed by atoms with Crippen LogP contribution in [0.1, 0.15) is 39.0 Å². The Hall–Kier alpha value is -1.59. The van der Waals surface area contributed by atoms with E-state index < -0.39 is 11.5 Å². The summed E-state index contributed by atoms with van der Waals surface area (Å²) in [5, 5.41) is 14.3. The number of amides is 2. The summed E-state index contributed by atoms with van der Waals surface area (Å²) in [7, 11) is 0. The molecule has 0 aliphatic heterocycles. The van der Waals surface area contributed by atoms with Crippen LogP contribution in [0.2, 0.25) is 0 Å². The molecule has 6 nitrogen and oxygen atoms in total. The Morgan fingerprint density at radius 2 is 1.95 bits per heavy atom. The van der Waals surface area contributed by atoms with Gasteiger partial charge in [0.2, 0.25) is 11.8 Å². The first kappa shape index (κ1) is 13.8. The highest BCUT2D eigenvalue weighted by Gasteiger charge is 2.45. The molecule has 6 heteroatoms. The highest BCUT2D eigenvalue weighted by atomic mass is 16.4. The second kappa shape index (κ2) is 5.19. The molecule has 2 atom stereocenters. The van der Waals surface area contributed by atoms with Gasteiger partial charge in [0.1, 0.15) is 5.54 Å². The maximum atomic E-state index is 11.7. The van der Waals surface area contributed by atoms with E-state index in [9.17, 15) is 14.4 Å². The molecule has 0 radical (unpaired) electrons. The molecule has 19 heavy (non-hydrogen) atoms. The van der Waals surface area contributed by atoms with Gasteiger partial charge in [0.05, 0.1) is 0 Å². The molecule has 2 amide bonds. The lowest BCUT2D eigenvalue weighted by Crippen LogP contribution is -2.59. The average Bonchev–Trinajstić information content (AvgIpc) is 3.00. The largest absolute Gasteiger partial charge is 0.480 e. The summed E-state index contributed by atoms with van der Waals surface area (Å²) in [6.07, 6.45) is 2.84. The summed E-state index contributed by atoms with van der Waals surface area (Å²) in [4.78, 5) is 34.3. The van der Waals surface area contributed by atoms with Gasteiger partial charge in [0, 0.05) is 18.9 Å². The summed E-state index contributed by atoms with van der Waals surface area (Å²) < 4.78 is 0. The molecule has 0 aromatic rings. The van der Waals surface area contributed by atoms with Crippen LogP contribution in [0.5, 0.6) is 0 Å². The van der Waals surface area contributed by atoms with Crippen molar-refractivity contribution in [1.29, 1.82) is 0 Å². The Morgan fingerprint density at radius 1 is 1.32 bits per heavy atom. The second-order valence-electron chi connectivity index (χ2n) is 5.65. The Kier molecular flexibility index (Phi) is 3.78. The van der Waals surface area contributed by atoms with Gasteiger partial charge >= 0.3 is 5.97 Å². The number of hydrogen-bond donors (Lipinski definition) is 3. The van der Waals surface area contributed by atoms with Crippen LogP contribution in [0.25, 0.3) is 0 Å². The van der Waals surface area contributed by atoms with Crippen molar-refractivity contribution in [2.75, 3.05) is 6.54 Å². The molecule has 2 rings (SSSR count). The van der Waals surface area contributed by atoms with E-state index >= 15 is 0 Å². The minimum atomic E-state index is -1.06. The summed E-state index contributed by atoms with van der Waals surface area (Å²) >= 11 is 0. The first-order valence-corrected chi connectivity index (χ1v) is 6.77. The Morgan fingerprint density at radius 3 is 2.37 bits per heavy atom. The molecule has 0 spiro atoms. The van der Waals surface area contributed by atoms with Crippen molar-refractivity contribution >= 4 is 17.8 Å². The predicted molar refractivity (Wildman–Crippen MR) is 67.3 cm³/mol. The van der Waals surface area contributed by atoms with Crippen molar-refractivity contribution in [2.45, 2.75) is 44.6 Å². The molecule has 0 heterocycles. The molecule has 0 saturated heterocycles. The van der Waals surface area contributed by atoms with E-state index in [-0.39, 0.29) is 30.7 Å². The molecular formula is C13H20N2O4. The third-order valence-electron chi connectivity index (χ3n) is 4.09. The van der Waals surface area contributed by atoms with E-state index in [2.05, 4.69) is 10.6 Å². The van der Waals surface area contributed by atoms with Crippen molar-refractivity contribution in [3.63, 3.8) is 0 Å². The SMILES string of the molecule is CC1CC1C(=O)NCCC(=O)NC1(C(=O)O)CCC1. The molecule has 3 N–H and O–H groups in total. The summed E-state index contributed by atoms with van der Waals surface area (Å²) in [5.74, 6) is -0.745. The van der Waals surface area contributed by atoms with Crippen molar-refractivity contribution < 1.29 is 19.5 Å². The zero-order valence-electron chi connectivity index (χ0n) is 11.1. The van der Waals surface area contributed by atoms with Gasteiger partial charge in [0.15, 0.2) is 0 Å². The molecule has 0 aromatic heterocycles. The summed E-state index contributed by atoms with van der Waals surface area (Å²) in [5.41, 5.74) is -1.06. The van der Waals surface area contributed by atoms with E-state index in [0.717, 1.165) is 12.8 Å². The number of aliphatic carboxylic acids is 1. The second-order valence-corrected chi connectivity index (χ2v) is 5.65. The minimum Gasteiger partial charge on any atom is -0.480 e. The average molecular weight is 268 g/mol. The minimum absolute atomic E-state index is 0.00288. The number of hydrogen-bond acceptors (Lipinski definition) is 3. The number of carbonyl (C=O) groups excluding carboxylic acids is 2. The number of carboxylic acid groups (broad SMARTS) is 1. The first-order chi connectivity index (χ1) is 8.94. The van der Waals surface area contributed by atoms with Crippen LogP contribution in [0.3, 0.4) is 0 Å². The Balaban J connectivity index is 1.67. The normalized spacial score (nSPS) is 27.0. The molecule has 2 aliphatic carbocycles. The molecular weight excluding hydrogens is 248 g/mol. The fraction of sp³-hybridized carbons (Fsp3) is 0.769. The van der Waals surface area contributed by atoms with Crippen LogP contribution in [0.4, 0.5) is 0 Å². The Bertz CT molecular complexity index is 403. The van der Waals surface area contributed by atoms with Crippen LogP contribution in [0.15, 0.2) is 0 Å². The van der Waals surface area contributed by atoms with Gasteiger partial charge < -0.3 is 15.7 Å². The third-order valence-corrected chi connectivity index (χ3v) is 4.09. The lowest BCUT2D eigenvalue weighted by Gasteiger charge is -2.38. The molecule has 2 aliphatic rings. The van der Waals surface area contributed by atoms with E-state index in [1.165, 1.54) is 0 Å². The molecule has 2 unspecified atom stereocenters. The van der Waals surface area contributed by atoms with Crippen molar-refractivity contribution in [3.8, 4) is 0 Å². The predicted octanol–water partition coefficient (Wildman–Crippen LogP) is 0.272. The van der Waals surface area contributed by atoms with E-state index in [4.69, 9.17) is 5.11 Å². The van der Waals surface area contributed by atoms with Crippen molar-refractivity contribution in [3.05, 3.63) is 0 Å². The maximum Gasteiger partial charge on any atom is 0.329 e. The third kappa shape index (κ3) is 3.05. The molecule has 0 bridgehead atoms. The fourth-order valence-electron chi connectivity index (χ4n) is 2.37. The van der Waals surface area contributed by atoms with Gasteiger partial charge in [0.25, 0.3) is 0 Å². The van der Waals surface area contributed by atoms with Crippen LogP contribution in [0, 0.1) is 11.8 Å². The number of carboxylic acids is 1. The van der Waals surface area contributed by atoms with Gasteiger partial charge in [-0.3, -0.25) is 9.59 Å². The fourth-order valence-corrected chi connectivity index (χ4v) is 2.37. The van der Waals surface area contributed by atoms with Crippen molar-refractivity contribution in [1.82, 2.24) is 10.6 Å². The van der Waals surface area contributed by atoms with Gasteiger partial charge in [-0.05, 0) is 31.6 Å². The highest BCUT2D eigenvalue weighted by Crippen LogP contribution is 2.37. The van der Waals surface area contributed by atoms with Crippen LogP contribution < -0.4 is 10.6 Å². The van der Waals surface area contributed by atoms with Crippen LogP contribution in [-0.4, -0.2) is 35.0 Å². The first-order valence-electron chi connectivity index (χ1n) is 6.77.